The maximum absolute atomic E-state index is 13.2. The van der Waals surface area contributed by atoms with Crippen molar-refractivity contribution in [1.29, 1.82) is 0 Å². The van der Waals surface area contributed by atoms with Gasteiger partial charge < -0.3 is 24.0 Å². The van der Waals surface area contributed by atoms with E-state index in [1.807, 2.05) is 94.9 Å². The molecule has 0 amide bonds. The number of ether oxygens (including phenoxy) is 3. The van der Waals surface area contributed by atoms with Crippen LogP contribution in [0.25, 0.3) is 17.2 Å². The number of ketones is 1. The second kappa shape index (κ2) is 12.9. The molecule has 0 heterocycles. The van der Waals surface area contributed by atoms with E-state index in [2.05, 4.69) is 9.80 Å². The number of rotatable bonds is 12. The largest absolute Gasteiger partial charge is 0.496 e. The van der Waals surface area contributed by atoms with E-state index in [0.29, 0.717) is 36.0 Å². The molecule has 3 aromatic carbocycles. The first-order valence-corrected chi connectivity index (χ1v) is 11.9. The summed E-state index contributed by atoms with van der Waals surface area (Å²) in [6.45, 7) is 2.00. The standard InChI is InChI=1S/C30H36N2O4/c1-31(2)18-19-36-27-17-15-23(30-28(34-5)12-9-13-29(30)35-6)20-22(27)14-16-26(33)25-11-8-7-10-24(25)21-32(3)4/h7-17,20H,18-19,21H2,1-6H3. The Morgan fingerprint density at radius 1 is 0.833 bits per heavy atom. The summed E-state index contributed by atoms with van der Waals surface area (Å²) in [6, 6.07) is 19.3. The molecule has 0 bridgehead atoms. The molecule has 0 saturated heterocycles. The molecule has 0 saturated carbocycles. The molecule has 3 rings (SSSR count). The number of nitrogens with zero attached hydrogens (tertiary/aromatic N) is 2. The molecule has 6 heteroatoms. The second-order valence-corrected chi connectivity index (χ2v) is 9.03. The topological polar surface area (TPSA) is 51.2 Å². The summed E-state index contributed by atoms with van der Waals surface area (Å²) in [5, 5.41) is 0. The van der Waals surface area contributed by atoms with Gasteiger partial charge in [0, 0.05) is 24.2 Å². The summed E-state index contributed by atoms with van der Waals surface area (Å²) in [5.74, 6) is 2.07. The highest BCUT2D eigenvalue weighted by atomic mass is 16.5. The third-order valence-corrected chi connectivity index (χ3v) is 5.71. The molecular weight excluding hydrogens is 452 g/mol. The van der Waals surface area contributed by atoms with Crippen LogP contribution in [0.1, 0.15) is 21.5 Å². The van der Waals surface area contributed by atoms with Crippen LogP contribution < -0.4 is 14.2 Å². The zero-order valence-corrected chi connectivity index (χ0v) is 22.1. The zero-order chi connectivity index (χ0) is 26.1. The van der Waals surface area contributed by atoms with Crippen LogP contribution in [0.15, 0.2) is 66.7 Å². The molecule has 0 aromatic heterocycles. The van der Waals surface area contributed by atoms with Gasteiger partial charge in [-0.05, 0) is 75.7 Å². The normalized spacial score (nSPS) is 11.3. The molecule has 0 fully saturated rings. The molecule has 6 nitrogen and oxygen atoms in total. The Kier molecular flexibility index (Phi) is 9.68. The van der Waals surface area contributed by atoms with E-state index in [0.717, 1.165) is 28.8 Å². The van der Waals surface area contributed by atoms with Crippen molar-refractivity contribution in [2.75, 3.05) is 55.6 Å². The van der Waals surface area contributed by atoms with Crippen molar-refractivity contribution >= 4 is 11.9 Å². The van der Waals surface area contributed by atoms with Crippen LogP contribution in [-0.4, -0.2) is 71.1 Å². The summed E-state index contributed by atoms with van der Waals surface area (Å²) in [7, 11) is 11.3. The van der Waals surface area contributed by atoms with Crippen LogP contribution in [0.4, 0.5) is 0 Å². The lowest BCUT2D eigenvalue weighted by Gasteiger charge is -2.16. The fourth-order valence-electron chi connectivity index (χ4n) is 3.93. The molecule has 0 N–H and O–H groups in total. The monoisotopic (exact) mass is 488 g/mol. The molecule has 0 atom stereocenters. The Hall–Kier alpha value is -3.61. The van der Waals surface area contributed by atoms with Gasteiger partial charge in [0.05, 0.1) is 19.8 Å². The Labute approximate surface area is 214 Å². The minimum atomic E-state index is -0.0491. The molecule has 0 unspecified atom stereocenters. The van der Waals surface area contributed by atoms with E-state index < -0.39 is 0 Å². The van der Waals surface area contributed by atoms with Gasteiger partial charge in [-0.25, -0.2) is 0 Å². The number of carbonyl (C=O) groups excluding carboxylic acids is 1. The third-order valence-electron chi connectivity index (χ3n) is 5.71. The molecule has 0 aliphatic heterocycles. The smallest absolute Gasteiger partial charge is 0.186 e. The average molecular weight is 489 g/mol. The van der Waals surface area contributed by atoms with Gasteiger partial charge in [0.1, 0.15) is 23.9 Å². The molecule has 0 aliphatic carbocycles. The van der Waals surface area contributed by atoms with Gasteiger partial charge in [-0.2, -0.15) is 0 Å². The lowest BCUT2D eigenvalue weighted by atomic mass is 9.99. The van der Waals surface area contributed by atoms with E-state index >= 15 is 0 Å². The fraction of sp³-hybridized carbons (Fsp3) is 0.300. The van der Waals surface area contributed by atoms with Gasteiger partial charge in [-0.15, -0.1) is 0 Å². The van der Waals surface area contributed by atoms with Gasteiger partial charge in [0.15, 0.2) is 5.78 Å². The van der Waals surface area contributed by atoms with Crippen LogP contribution in [0.5, 0.6) is 17.2 Å². The van der Waals surface area contributed by atoms with Gasteiger partial charge >= 0.3 is 0 Å². The summed E-state index contributed by atoms with van der Waals surface area (Å²) in [5.41, 5.74) is 4.24. The quantitative estimate of drug-likeness (QED) is 0.256. The average Bonchev–Trinajstić information content (AvgIpc) is 2.87. The van der Waals surface area contributed by atoms with Crippen molar-refractivity contribution in [3.63, 3.8) is 0 Å². The maximum Gasteiger partial charge on any atom is 0.186 e. The predicted molar refractivity (Wildman–Crippen MR) is 146 cm³/mol. The molecule has 190 valence electrons. The van der Waals surface area contributed by atoms with Crippen LogP contribution >= 0.6 is 0 Å². The summed E-state index contributed by atoms with van der Waals surface area (Å²) >= 11 is 0. The first-order chi connectivity index (χ1) is 17.3. The van der Waals surface area contributed by atoms with Crippen molar-refractivity contribution in [1.82, 2.24) is 9.80 Å². The van der Waals surface area contributed by atoms with Crippen LogP contribution in [0.2, 0.25) is 0 Å². The van der Waals surface area contributed by atoms with Crippen molar-refractivity contribution in [3.8, 4) is 28.4 Å². The number of hydrogen-bond donors (Lipinski definition) is 0. The van der Waals surface area contributed by atoms with E-state index in [-0.39, 0.29) is 5.78 Å². The zero-order valence-electron chi connectivity index (χ0n) is 22.1. The summed E-state index contributed by atoms with van der Waals surface area (Å²) in [6.07, 6.45) is 3.44. The van der Waals surface area contributed by atoms with Gasteiger partial charge in [0.2, 0.25) is 0 Å². The maximum atomic E-state index is 13.2. The fourth-order valence-corrected chi connectivity index (χ4v) is 3.93. The predicted octanol–water partition coefficient (Wildman–Crippen LogP) is 5.27. The Morgan fingerprint density at radius 2 is 1.53 bits per heavy atom. The van der Waals surface area contributed by atoms with Crippen LogP contribution in [0.3, 0.4) is 0 Å². The first-order valence-electron chi connectivity index (χ1n) is 11.9. The molecule has 3 aromatic rings. The van der Waals surface area contributed by atoms with E-state index in [9.17, 15) is 4.79 Å². The van der Waals surface area contributed by atoms with E-state index in [4.69, 9.17) is 14.2 Å². The third kappa shape index (κ3) is 6.97. The number of benzene rings is 3. The minimum absolute atomic E-state index is 0.0491. The lowest BCUT2D eigenvalue weighted by molar-refractivity contribution is 0.104. The highest BCUT2D eigenvalue weighted by Crippen LogP contribution is 2.40. The summed E-state index contributed by atoms with van der Waals surface area (Å²) < 4.78 is 17.3. The van der Waals surface area contributed by atoms with Gasteiger partial charge in [0.25, 0.3) is 0 Å². The number of likely N-dealkylation sites (N-methyl/N-ethyl adjacent to an activating group) is 1. The molecular formula is C30H36N2O4. The van der Waals surface area contributed by atoms with E-state index in [1.54, 1.807) is 20.3 Å². The summed E-state index contributed by atoms with van der Waals surface area (Å²) in [4.78, 5) is 17.3. The minimum Gasteiger partial charge on any atom is -0.496 e. The highest BCUT2D eigenvalue weighted by Gasteiger charge is 2.15. The van der Waals surface area contributed by atoms with Crippen molar-refractivity contribution in [3.05, 3.63) is 83.4 Å². The Bertz CT molecular complexity index is 1180. The lowest BCUT2D eigenvalue weighted by Crippen LogP contribution is -2.19. The van der Waals surface area contributed by atoms with Crippen LogP contribution in [-0.2, 0) is 6.54 Å². The van der Waals surface area contributed by atoms with Gasteiger partial charge in [-0.3, -0.25) is 4.79 Å². The number of allylic oxidation sites excluding steroid dienone is 1. The number of hydrogen-bond acceptors (Lipinski definition) is 6. The Morgan fingerprint density at radius 3 is 2.17 bits per heavy atom. The van der Waals surface area contributed by atoms with E-state index in [1.165, 1.54) is 0 Å². The highest BCUT2D eigenvalue weighted by molar-refractivity contribution is 6.08. The second-order valence-electron chi connectivity index (χ2n) is 9.03. The number of methoxy groups -OCH3 is 2. The van der Waals surface area contributed by atoms with Crippen molar-refractivity contribution in [2.45, 2.75) is 6.54 Å². The van der Waals surface area contributed by atoms with Crippen LogP contribution in [0, 0.1) is 0 Å². The molecule has 0 aliphatic rings. The molecule has 0 spiro atoms. The van der Waals surface area contributed by atoms with Crippen molar-refractivity contribution in [2.24, 2.45) is 0 Å². The molecule has 36 heavy (non-hydrogen) atoms. The van der Waals surface area contributed by atoms with Crippen molar-refractivity contribution < 1.29 is 19.0 Å². The molecule has 0 radical (unpaired) electrons. The number of carbonyl (C=O) groups is 1. The van der Waals surface area contributed by atoms with Gasteiger partial charge in [-0.1, -0.05) is 36.4 Å². The Balaban J connectivity index is 2.01. The first kappa shape index (κ1) is 27.0. The SMILES string of the molecule is COc1cccc(OC)c1-c1ccc(OCCN(C)C)c(C=CC(=O)c2ccccc2CN(C)C)c1.